The van der Waals surface area contributed by atoms with Crippen LogP contribution in [0.2, 0.25) is 0 Å². The minimum Gasteiger partial charge on any atom is -0.497 e. The highest BCUT2D eigenvalue weighted by atomic mass is 16.5. The number of methoxy groups -OCH3 is 2. The number of allylic oxidation sites excluding steroid dienone is 1. The Balaban J connectivity index is 1.59. The number of nitrogens with one attached hydrogen (secondary N) is 2. The minimum atomic E-state index is -0.279. The van der Waals surface area contributed by atoms with E-state index in [4.69, 9.17) is 9.47 Å². The number of fused-ring (bicyclic) bond motifs is 1. The summed E-state index contributed by atoms with van der Waals surface area (Å²) in [5.41, 5.74) is 4.15. The van der Waals surface area contributed by atoms with Crippen molar-refractivity contribution in [3.63, 3.8) is 0 Å². The number of carbonyl (C=O) groups excluding carboxylic acids is 2. The molecule has 6 heteroatoms. The number of hydrogen-bond donors (Lipinski definition) is 2. The summed E-state index contributed by atoms with van der Waals surface area (Å²) in [6, 6.07) is 19.8. The van der Waals surface area contributed by atoms with Crippen LogP contribution in [0.25, 0.3) is 5.70 Å². The largest absolute Gasteiger partial charge is 0.497 e. The first-order valence-corrected chi connectivity index (χ1v) is 11.0. The van der Waals surface area contributed by atoms with Gasteiger partial charge in [0.1, 0.15) is 11.5 Å². The highest BCUT2D eigenvalue weighted by Gasteiger charge is 2.28. The highest BCUT2D eigenvalue weighted by Crippen LogP contribution is 2.32. The van der Waals surface area contributed by atoms with E-state index in [1.165, 1.54) is 0 Å². The second kappa shape index (κ2) is 9.43. The molecule has 0 atom stereocenters. The van der Waals surface area contributed by atoms with Crippen molar-refractivity contribution in [2.24, 2.45) is 0 Å². The van der Waals surface area contributed by atoms with Gasteiger partial charge in [0.25, 0.3) is 5.91 Å². The molecule has 34 heavy (non-hydrogen) atoms. The molecule has 6 nitrogen and oxygen atoms in total. The highest BCUT2D eigenvalue weighted by molar-refractivity contribution is 6.10. The lowest BCUT2D eigenvalue weighted by Gasteiger charge is -2.35. The maximum atomic E-state index is 13.2. The quantitative estimate of drug-likeness (QED) is 0.398. The van der Waals surface area contributed by atoms with Crippen LogP contribution in [0.4, 0.5) is 5.69 Å². The molecule has 0 radical (unpaired) electrons. The van der Waals surface area contributed by atoms with Crippen LogP contribution >= 0.6 is 0 Å². The van der Waals surface area contributed by atoms with Crippen LogP contribution in [0, 0.1) is 0 Å². The van der Waals surface area contributed by atoms with E-state index < -0.39 is 0 Å². The molecule has 0 unspecified atom stereocenters. The van der Waals surface area contributed by atoms with Gasteiger partial charge in [-0.1, -0.05) is 24.3 Å². The molecule has 1 aliphatic heterocycles. The molecule has 0 bridgehead atoms. The maximum absolute atomic E-state index is 13.2. The summed E-state index contributed by atoms with van der Waals surface area (Å²) in [5, 5.41) is 6.34. The van der Waals surface area contributed by atoms with Gasteiger partial charge in [0, 0.05) is 39.7 Å². The Bertz CT molecular complexity index is 1280. The molecular weight excluding hydrogens is 428 g/mol. The molecule has 3 aromatic carbocycles. The summed E-state index contributed by atoms with van der Waals surface area (Å²) < 4.78 is 10.6. The van der Waals surface area contributed by atoms with Crippen molar-refractivity contribution in [2.75, 3.05) is 19.5 Å². The molecule has 1 amide bonds. The molecule has 1 aliphatic rings. The van der Waals surface area contributed by atoms with Crippen LogP contribution in [0.3, 0.4) is 0 Å². The third-order valence-corrected chi connectivity index (χ3v) is 5.72. The van der Waals surface area contributed by atoms with Crippen LogP contribution in [-0.2, 0) is 6.42 Å². The zero-order valence-corrected chi connectivity index (χ0v) is 19.8. The molecule has 0 aromatic heterocycles. The standard InChI is InChI=1S/C28H28N2O4/c1-28(2)17-20-11-12-23(34-4)15-24(20)25(30-28)16-26(31)18-7-5-9-21(13-18)29-27(32)19-8-6-10-22(14-19)33-3/h5-16,30H,17H2,1-4H3,(H,29,32)/b25-16-. The Morgan fingerprint density at radius 3 is 2.38 bits per heavy atom. The third-order valence-electron chi connectivity index (χ3n) is 5.72. The molecule has 0 aliphatic carbocycles. The fraction of sp³-hybridized carbons (Fsp3) is 0.214. The van der Waals surface area contributed by atoms with E-state index in [9.17, 15) is 9.59 Å². The van der Waals surface area contributed by atoms with E-state index in [0.29, 0.717) is 22.6 Å². The van der Waals surface area contributed by atoms with Gasteiger partial charge < -0.3 is 20.1 Å². The smallest absolute Gasteiger partial charge is 0.255 e. The predicted molar refractivity (Wildman–Crippen MR) is 134 cm³/mol. The molecule has 0 saturated carbocycles. The first kappa shape index (κ1) is 23.1. The van der Waals surface area contributed by atoms with Gasteiger partial charge in [-0.05, 0) is 68.3 Å². The fourth-order valence-corrected chi connectivity index (χ4v) is 4.09. The number of benzene rings is 3. The molecule has 1 heterocycles. The zero-order valence-electron chi connectivity index (χ0n) is 19.8. The molecule has 174 valence electrons. The van der Waals surface area contributed by atoms with E-state index >= 15 is 0 Å². The third kappa shape index (κ3) is 5.12. The van der Waals surface area contributed by atoms with Gasteiger partial charge in [0.05, 0.1) is 14.2 Å². The fourth-order valence-electron chi connectivity index (χ4n) is 4.09. The van der Waals surface area contributed by atoms with Gasteiger partial charge >= 0.3 is 0 Å². The van der Waals surface area contributed by atoms with Crippen LogP contribution < -0.4 is 20.1 Å². The molecule has 3 aromatic rings. The molecule has 0 fully saturated rings. The summed E-state index contributed by atoms with van der Waals surface area (Å²) >= 11 is 0. The molecule has 0 saturated heterocycles. The van der Waals surface area contributed by atoms with Crippen molar-refractivity contribution >= 4 is 23.1 Å². The number of rotatable bonds is 6. The Morgan fingerprint density at radius 2 is 1.62 bits per heavy atom. The van der Waals surface area contributed by atoms with Crippen LogP contribution in [0.5, 0.6) is 11.5 Å². The van der Waals surface area contributed by atoms with Gasteiger partial charge in [-0.3, -0.25) is 9.59 Å². The van der Waals surface area contributed by atoms with E-state index in [0.717, 1.165) is 29.0 Å². The Kier molecular flexibility index (Phi) is 6.41. The van der Waals surface area contributed by atoms with Gasteiger partial charge in [-0.25, -0.2) is 0 Å². The van der Waals surface area contributed by atoms with Crippen molar-refractivity contribution in [1.82, 2.24) is 5.32 Å². The number of ether oxygens (including phenoxy) is 2. The molecule has 2 N–H and O–H groups in total. The number of amides is 1. The zero-order chi connectivity index (χ0) is 24.3. The van der Waals surface area contributed by atoms with Crippen molar-refractivity contribution in [2.45, 2.75) is 25.8 Å². The van der Waals surface area contributed by atoms with Crippen molar-refractivity contribution in [3.05, 3.63) is 95.1 Å². The Labute approximate surface area is 199 Å². The second-order valence-corrected chi connectivity index (χ2v) is 8.90. The number of hydrogen-bond acceptors (Lipinski definition) is 5. The van der Waals surface area contributed by atoms with Crippen LogP contribution in [0.15, 0.2) is 72.8 Å². The molecule has 4 rings (SSSR count). The van der Waals surface area contributed by atoms with Gasteiger partial charge in [0.2, 0.25) is 0 Å². The van der Waals surface area contributed by atoms with Crippen LogP contribution in [-0.4, -0.2) is 31.4 Å². The minimum absolute atomic E-state index is 0.161. The lowest BCUT2D eigenvalue weighted by Crippen LogP contribution is -2.43. The number of carbonyl (C=O) groups is 2. The summed E-state index contributed by atoms with van der Waals surface area (Å²) in [4.78, 5) is 25.9. The van der Waals surface area contributed by atoms with E-state index in [1.807, 2.05) is 18.2 Å². The first-order valence-electron chi connectivity index (χ1n) is 11.0. The monoisotopic (exact) mass is 456 g/mol. The SMILES string of the molecule is COc1cccc(C(=O)Nc2cccc(C(=O)/C=C3\NC(C)(C)Cc4ccc(OC)cc43)c2)c1. The average Bonchev–Trinajstić information content (AvgIpc) is 2.83. The Hall–Kier alpha value is -4.06. The Morgan fingerprint density at radius 1 is 0.912 bits per heavy atom. The lowest BCUT2D eigenvalue weighted by atomic mass is 9.85. The van der Waals surface area contributed by atoms with Crippen molar-refractivity contribution in [1.29, 1.82) is 0 Å². The topological polar surface area (TPSA) is 76.7 Å². The van der Waals surface area contributed by atoms with Crippen molar-refractivity contribution < 1.29 is 19.1 Å². The van der Waals surface area contributed by atoms with E-state index in [2.05, 4.69) is 24.5 Å². The average molecular weight is 457 g/mol. The van der Waals surface area contributed by atoms with Gasteiger partial charge in [-0.15, -0.1) is 0 Å². The molecular formula is C28H28N2O4. The summed E-state index contributed by atoms with van der Waals surface area (Å²) in [5.74, 6) is 0.897. The lowest BCUT2D eigenvalue weighted by molar-refractivity contribution is 0.102. The maximum Gasteiger partial charge on any atom is 0.255 e. The van der Waals surface area contributed by atoms with Crippen LogP contribution in [0.1, 0.15) is 45.7 Å². The predicted octanol–water partition coefficient (Wildman–Crippen LogP) is 5.10. The number of anilines is 1. The second-order valence-electron chi connectivity index (χ2n) is 8.90. The van der Waals surface area contributed by atoms with E-state index in [1.54, 1.807) is 68.8 Å². The summed E-state index contributed by atoms with van der Waals surface area (Å²) in [6.07, 6.45) is 2.45. The van der Waals surface area contributed by atoms with Gasteiger partial charge in [-0.2, -0.15) is 0 Å². The summed E-state index contributed by atoms with van der Waals surface area (Å²) in [6.45, 7) is 4.21. The normalized spacial score (nSPS) is 15.1. The van der Waals surface area contributed by atoms with E-state index in [-0.39, 0.29) is 17.2 Å². The van der Waals surface area contributed by atoms with Gasteiger partial charge in [0.15, 0.2) is 5.78 Å². The number of ketones is 1. The first-order chi connectivity index (χ1) is 16.3. The van der Waals surface area contributed by atoms with Crippen molar-refractivity contribution in [3.8, 4) is 11.5 Å². The molecule has 0 spiro atoms. The summed E-state index contributed by atoms with van der Waals surface area (Å²) in [7, 11) is 3.18.